The summed E-state index contributed by atoms with van der Waals surface area (Å²) in [5, 5.41) is 15.4. The molecular weight excluding hydrogens is 457 g/mol. The molecule has 0 radical (unpaired) electrons. The van der Waals surface area contributed by atoms with Crippen molar-refractivity contribution < 1.29 is 27.8 Å². The number of amides is 1. The Morgan fingerprint density at radius 1 is 1.39 bits per heavy atom. The maximum atomic E-state index is 14.0. The molecule has 2 heterocycles. The maximum absolute atomic E-state index is 14.0. The SMILES string of the molecule is COc1ccc(Cn2cc3c(n2)C(Cl)(C(F)(F)F)CCc2sc(NC(=O)O)nc2-3)cc1. The number of aryl methyl sites for hydroxylation is 1. The van der Waals surface area contributed by atoms with E-state index in [-0.39, 0.29) is 35.0 Å². The number of alkyl halides is 4. The fourth-order valence-electron chi connectivity index (χ4n) is 3.44. The summed E-state index contributed by atoms with van der Waals surface area (Å²) in [5.41, 5.74) is 0.873. The molecule has 1 amide bonds. The lowest BCUT2D eigenvalue weighted by Crippen LogP contribution is -2.38. The summed E-state index contributed by atoms with van der Waals surface area (Å²) in [5.74, 6) is 0.655. The Morgan fingerprint density at radius 3 is 2.71 bits per heavy atom. The number of carbonyl (C=O) groups is 1. The molecule has 3 aromatic rings. The molecule has 31 heavy (non-hydrogen) atoms. The summed E-state index contributed by atoms with van der Waals surface area (Å²) in [6, 6.07) is 7.06. The zero-order chi connectivity index (χ0) is 22.4. The second kappa shape index (κ2) is 7.72. The molecule has 1 unspecified atom stereocenters. The second-order valence-corrected chi connectivity index (χ2v) is 8.69. The number of fused-ring (bicyclic) bond motifs is 3. The number of hydrogen-bond donors (Lipinski definition) is 2. The summed E-state index contributed by atoms with van der Waals surface area (Å²) in [6.45, 7) is 0.210. The number of nitrogens with zero attached hydrogens (tertiary/aromatic N) is 3. The number of thiazole rings is 1. The van der Waals surface area contributed by atoms with E-state index in [1.165, 1.54) is 18.0 Å². The standard InChI is InChI=1S/C19H16ClF3N4O3S/c1-30-11-4-2-10(3-5-11)8-27-9-12-14-13(31-16(24-14)25-17(28)29)6-7-18(20,15(12)26-27)19(21,22)23/h2-5,9H,6-8H2,1H3,(H,24,25)(H,28,29). The molecule has 164 valence electrons. The van der Waals surface area contributed by atoms with Crippen LogP contribution in [0.5, 0.6) is 5.75 Å². The highest BCUT2D eigenvalue weighted by Gasteiger charge is 2.58. The lowest BCUT2D eigenvalue weighted by Gasteiger charge is -2.27. The Labute approximate surface area is 183 Å². The van der Waals surface area contributed by atoms with E-state index < -0.39 is 23.6 Å². The molecule has 0 saturated carbocycles. The van der Waals surface area contributed by atoms with Gasteiger partial charge in [0, 0.05) is 16.6 Å². The summed E-state index contributed by atoms with van der Waals surface area (Å²) in [4.78, 5) is 13.0. The summed E-state index contributed by atoms with van der Waals surface area (Å²) >= 11 is 7.15. The van der Waals surface area contributed by atoms with Crippen molar-refractivity contribution in [2.75, 3.05) is 12.4 Å². The molecule has 0 fully saturated rings. The van der Waals surface area contributed by atoms with Gasteiger partial charge in [0.15, 0.2) is 10.0 Å². The number of ether oxygens (including phenoxy) is 1. The second-order valence-electron chi connectivity index (χ2n) is 6.96. The predicted molar refractivity (Wildman–Crippen MR) is 109 cm³/mol. The third-order valence-electron chi connectivity index (χ3n) is 4.95. The number of hydrogen-bond acceptors (Lipinski definition) is 5. The van der Waals surface area contributed by atoms with Gasteiger partial charge in [-0.25, -0.2) is 9.78 Å². The van der Waals surface area contributed by atoms with E-state index in [0.29, 0.717) is 10.6 Å². The van der Waals surface area contributed by atoms with Gasteiger partial charge in [0.2, 0.25) is 0 Å². The molecule has 2 N–H and O–H groups in total. The van der Waals surface area contributed by atoms with Crippen molar-refractivity contribution >= 4 is 34.2 Å². The van der Waals surface area contributed by atoms with Crippen molar-refractivity contribution in [1.82, 2.24) is 14.8 Å². The van der Waals surface area contributed by atoms with Gasteiger partial charge in [-0.2, -0.15) is 18.3 Å². The highest BCUT2D eigenvalue weighted by molar-refractivity contribution is 7.16. The fraction of sp³-hybridized carbons (Fsp3) is 0.316. The molecule has 7 nitrogen and oxygen atoms in total. The van der Waals surface area contributed by atoms with Gasteiger partial charge in [-0.1, -0.05) is 12.1 Å². The van der Waals surface area contributed by atoms with Crippen LogP contribution in [0.1, 0.15) is 22.6 Å². The molecular formula is C19H16ClF3N4O3S. The topological polar surface area (TPSA) is 89.3 Å². The molecule has 1 aromatic carbocycles. The van der Waals surface area contributed by atoms with Crippen molar-refractivity contribution in [3.05, 3.63) is 46.6 Å². The number of benzene rings is 1. The van der Waals surface area contributed by atoms with Crippen molar-refractivity contribution in [1.29, 1.82) is 0 Å². The summed E-state index contributed by atoms with van der Waals surface area (Å²) < 4.78 is 48.4. The van der Waals surface area contributed by atoms with Gasteiger partial charge >= 0.3 is 12.3 Å². The van der Waals surface area contributed by atoms with E-state index in [0.717, 1.165) is 16.9 Å². The van der Waals surface area contributed by atoms with Crippen LogP contribution in [0.2, 0.25) is 0 Å². The van der Waals surface area contributed by atoms with E-state index >= 15 is 0 Å². The Bertz CT molecular complexity index is 1130. The van der Waals surface area contributed by atoms with Gasteiger partial charge in [0.1, 0.15) is 11.4 Å². The number of anilines is 1. The molecule has 12 heteroatoms. The van der Waals surface area contributed by atoms with Crippen LogP contribution in [0.25, 0.3) is 11.3 Å². The summed E-state index contributed by atoms with van der Waals surface area (Å²) in [6.07, 6.45) is -5.02. The quantitative estimate of drug-likeness (QED) is 0.516. The van der Waals surface area contributed by atoms with Crippen LogP contribution in [0.4, 0.5) is 23.1 Å². The fourth-order valence-corrected chi connectivity index (χ4v) is 4.64. The third-order valence-corrected chi connectivity index (χ3v) is 6.57. The minimum absolute atomic E-state index is 0.00779. The Morgan fingerprint density at radius 2 is 2.10 bits per heavy atom. The molecule has 1 atom stereocenters. The first-order valence-corrected chi connectivity index (χ1v) is 10.3. The first-order chi connectivity index (χ1) is 14.6. The highest BCUT2D eigenvalue weighted by Crippen LogP contribution is 2.53. The molecule has 1 aliphatic rings. The monoisotopic (exact) mass is 472 g/mol. The van der Waals surface area contributed by atoms with Gasteiger partial charge in [0.05, 0.1) is 19.3 Å². The van der Waals surface area contributed by atoms with Crippen molar-refractivity contribution in [2.24, 2.45) is 0 Å². The first-order valence-electron chi connectivity index (χ1n) is 9.07. The molecule has 2 aromatic heterocycles. The molecule has 0 spiro atoms. The lowest BCUT2D eigenvalue weighted by molar-refractivity contribution is -0.167. The smallest absolute Gasteiger partial charge is 0.413 e. The molecule has 1 aliphatic carbocycles. The predicted octanol–water partition coefficient (Wildman–Crippen LogP) is 5.10. The summed E-state index contributed by atoms with van der Waals surface area (Å²) in [7, 11) is 1.54. The average Bonchev–Trinajstić information content (AvgIpc) is 3.27. The van der Waals surface area contributed by atoms with Crippen LogP contribution in [0.15, 0.2) is 30.5 Å². The average molecular weight is 473 g/mol. The normalized spacial score (nSPS) is 18.1. The van der Waals surface area contributed by atoms with Gasteiger partial charge in [-0.3, -0.25) is 10.00 Å². The van der Waals surface area contributed by atoms with E-state index in [4.69, 9.17) is 21.4 Å². The Balaban J connectivity index is 1.79. The highest BCUT2D eigenvalue weighted by atomic mass is 35.5. The number of halogens is 4. The van der Waals surface area contributed by atoms with Crippen LogP contribution < -0.4 is 10.1 Å². The van der Waals surface area contributed by atoms with E-state index in [1.807, 2.05) is 0 Å². The van der Waals surface area contributed by atoms with Gasteiger partial charge in [-0.15, -0.1) is 22.9 Å². The maximum Gasteiger partial charge on any atom is 0.413 e. The molecule has 0 bridgehead atoms. The number of carboxylic acid groups (broad SMARTS) is 1. The van der Waals surface area contributed by atoms with Crippen molar-refractivity contribution in [3.63, 3.8) is 0 Å². The van der Waals surface area contributed by atoms with E-state index in [1.54, 1.807) is 24.3 Å². The van der Waals surface area contributed by atoms with E-state index in [9.17, 15) is 18.0 Å². The zero-order valence-corrected chi connectivity index (χ0v) is 17.6. The minimum atomic E-state index is -4.74. The van der Waals surface area contributed by atoms with E-state index in [2.05, 4.69) is 15.4 Å². The number of methoxy groups -OCH3 is 1. The molecule has 0 saturated heterocycles. The van der Waals surface area contributed by atoms with Gasteiger partial charge in [-0.05, 0) is 30.5 Å². The van der Waals surface area contributed by atoms with Crippen LogP contribution in [0.3, 0.4) is 0 Å². The number of aromatic nitrogens is 3. The van der Waals surface area contributed by atoms with Crippen molar-refractivity contribution in [2.45, 2.75) is 30.4 Å². The number of nitrogens with one attached hydrogen (secondary N) is 1. The molecule has 0 aliphatic heterocycles. The van der Waals surface area contributed by atoms with Crippen molar-refractivity contribution in [3.8, 4) is 17.0 Å². The number of rotatable bonds is 4. The minimum Gasteiger partial charge on any atom is -0.497 e. The largest absolute Gasteiger partial charge is 0.497 e. The van der Waals surface area contributed by atoms with Crippen LogP contribution in [-0.4, -0.2) is 39.3 Å². The van der Waals surface area contributed by atoms with Gasteiger partial charge < -0.3 is 9.84 Å². The third kappa shape index (κ3) is 3.94. The zero-order valence-electron chi connectivity index (χ0n) is 16.0. The Kier molecular flexibility index (Phi) is 5.34. The lowest BCUT2D eigenvalue weighted by atomic mass is 9.97. The van der Waals surface area contributed by atoms with Crippen LogP contribution in [0, 0.1) is 0 Å². The first kappa shape index (κ1) is 21.4. The van der Waals surface area contributed by atoms with Crippen LogP contribution in [-0.2, 0) is 17.8 Å². The van der Waals surface area contributed by atoms with Crippen LogP contribution >= 0.6 is 22.9 Å². The molecule has 4 rings (SSSR count). The van der Waals surface area contributed by atoms with Gasteiger partial charge in [0.25, 0.3) is 0 Å². The Hall–Kier alpha value is -2.79.